The zero-order valence-electron chi connectivity index (χ0n) is 15.5. The predicted molar refractivity (Wildman–Crippen MR) is 117 cm³/mol. The number of anilines is 1. The molecule has 0 aliphatic carbocycles. The summed E-state index contributed by atoms with van der Waals surface area (Å²) >= 11 is 2.82. The Morgan fingerprint density at radius 3 is 2.60 bits per heavy atom. The molecule has 0 unspecified atom stereocenters. The van der Waals surface area contributed by atoms with Gasteiger partial charge >= 0.3 is 0 Å². The first-order chi connectivity index (χ1) is 14.4. The molecule has 154 valence electrons. The van der Waals surface area contributed by atoms with Gasteiger partial charge in [0.05, 0.1) is 20.9 Å². The van der Waals surface area contributed by atoms with Crippen molar-refractivity contribution in [3.05, 3.63) is 59.7 Å². The number of rotatable bonds is 7. The van der Waals surface area contributed by atoms with E-state index in [9.17, 15) is 17.6 Å². The Balaban J connectivity index is 1.33. The van der Waals surface area contributed by atoms with Gasteiger partial charge in [-0.25, -0.2) is 22.8 Å². The van der Waals surface area contributed by atoms with Crippen molar-refractivity contribution in [3.8, 4) is 10.7 Å². The van der Waals surface area contributed by atoms with Gasteiger partial charge in [-0.1, -0.05) is 12.1 Å². The monoisotopic (exact) mass is 461 g/mol. The lowest BCUT2D eigenvalue weighted by molar-refractivity contribution is -0.116. The third-order valence-corrected chi connectivity index (χ3v) is 7.89. The van der Waals surface area contributed by atoms with E-state index in [2.05, 4.69) is 15.3 Å². The van der Waals surface area contributed by atoms with Gasteiger partial charge in [-0.15, -0.1) is 22.7 Å². The highest BCUT2D eigenvalue weighted by molar-refractivity contribution is 7.91. The first-order valence-electron chi connectivity index (χ1n) is 9.00. The summed E-state index contributed by atoms with van der Waals surface area (Å²) in [7, 11) is -3.56. The summed E-state index contributed by atoms with van der Waals surface area (Å²) in [5.41, 5.74) is 1.59. The van der Waals surface area contributed by atoms with Gasteiger partial charge in [0.15, 0.2) is 15.0 Å². The van der Waals surface area contributed by atoms with E-state index >= 15 is 0 Å². The number of sulfone groups is 1. The Labute approximate surface area is 180 Å². The fourth-order valence-electron chi connectivity index (χ4n) is 2.78. The molecule has 30 heavy (non-hydrogen) atoms. The zero-order valence-corrected chi connectivity index (χ0v) is 18.0. The van der Waals surface area contributed by atoms with E-state index in [1.54, 1.807) is 0 Å². The number of thiazole rings is 2. The Bertz CT molecular complexity index is 1260. The van der Waals surface area contributed by atoms with E-state index in [0.29, 0.717) is 10.8 Å². The Morgan fingerprint density at radius 2 is 1.83 bits per heavy atom. The number of benzene rings is 2. The number of carbonyl (C=O) groups excluding carboxylic acids is 1. The van der Waals surface area contributed by atoms with Gasteiger partial charge < -0.3 is 5.32 Å². The average Bonchev–Trinajstić information content (AvgIpc) is 3.34. The molecule has 4 aromatic rings. The van der Waals surface area contributed by atoms with Crippen LogP contribution in [0.2, 0.25) is 0 Å². The fraction of sp³-hybridized carbons (Fsp3) is 0.150. The Kier molecular flexibility index (Phi) is 5.89. The number of hydrogen-bond acceptors (Lipinski definition) is 7. The van der Waals surface area contributed by atoms with Gasteiger partial charge in [-0.2, -0.15) is 0 Å². The molecular weight excluding hydrogens is 445 g/mol. The van der Waals surface area contributed by atoms with Crippen molar-refractivity contribution in [2.75, 3.05) is 11.1 Å². The third kappa shape index (κ3) is 4.72. The normalized spacial score (nSPS) is 11.6. The first kappa shape index (κ1) is 20.6. The number of aromatic nitrogens is 2. The number of nitrogens with one attached hydrogen (secondary N) is 1. The van der Waals surface area contributed by atoms with Crippen molar-refractivity contribution in [3.63, 3.8) is 0 Å². The van der Waals surface area contributed by atoms with Crippen molar-refractivity contribution in [2.45, 2.75) is 17.7 Å². The minimum atomic E-state index is -3.56. The van der Waals surface area contributed by atoms with Gasteiger partial charge in [0.1, 0.15) is 16.5 Å². The van der Waals surface area contributed by atoms with Crippen LogP contribution in [0.5, 0.6) is 0 Å². The summed E-state index contributed by atoms with van der Waals surface area (Å²) in [4.78, 5) is 21.2. The van der Waals surface area contributed by atoms with Gasteiger partial charge in [0, 0.05) is 11.8 Å². The molecule has 0 saturated carbocycles. The van der Waals surface area contributed by atoms with Crippen molar-refractivity contribution in [2.24, 2.45) is 0 Å². The molecule has 6 nitrogen and oxygen atoms in total. The van der Waals surface area contributed by atoms with E-state index in [0.717, 1.165) is 27.4 Å². The smallest absolute Gasteiger partial charge is 0.226 e. The molecule has 0 fully saturated rings. The van der Waals surface area contributed by atoms with Crippen LogP contribution in [0.1, 0.15) is 12.8 Å². The molecule has 1 amide bonds. The van der Waals surface area contributed by atoms with Crippen LogP contribution in [0.3, 0.4) is 0 Å². The van der Waals surface area contributed by atoms with Crippen molar-refractivity contribution < 1.29 is 17.6 Å². The van der Waals surface area contributed by atoms with Crippen LogP contribution in [-0.2, 0) is 14.6 Å². The number of nitrogens with zero attached hydrogens (tertiary/aromatic N) is 2. The molecule has 4 rings (SSSR count). The molecule has 0 saturated heterocycles. The number of para-hydroxylation sites is 1. The lowest BCUT2D eigenvalue weighted by Crippen LogP contribution is -2.14. The lowest BCUT2D eigenvalue weighted by Gasteiger charge is -2.04. The molecule has 0 bridgehead atoms. The molecule has 10 heteroatoms. The Hall–Kier alpha value is -2.69. The summed E-state index contributed by atoms with van der Waals surface area (Å²) in [5.74, 6) is -1.00. The predicted octanol–water partition coefficient (Wildman–Crippen LogP) is 4.75. The quantitative estimate of drug-likeness (QED) is 0.401. The number of halogens is 1. The Morgan fingerprint density at radius 1 is 1.07 bits per heavy atom. The standard InChI is InChI=1S/C20H16FN3O3S3/c21-13-7-9-14(10-8-13)30(26,27)11-3-6-18(25)24-20-23-16(12-28-20)19-22-15-4-1-2-5-17(15)29-19/h1-2,4-5,7-10,12H,3,6,11H2,(H,23,24,25). The molecule has 0 radical (unpaired) electrons. The highest BCUT2D eigenvalue weighted by atomic mass is 32.2. The molecule has 0 atom stereocenters. The number of amides is 1. The molecule has 0 aliphatic heterocycles. The maximum absolute atomic E-state index is 12.9. The number of carbonyl (C=O) groups is 1. The second-order valence-electron chi connectivity index (χ2n) is 6.45. The highest BCUT2D eigenvalue weighted by Gasteiger charge is 2.16. The summed E-state index contributed by atoms with van der Waals surface area (Å²) in [6.45, 7) is 0. The minimum Gasteiger partial charge on any atom is -0.302 e. The topological polar surface area (TPSA) is 89.0 Å². The van der Waals surface area contributed by atoms with Crippen molar-refractivity contribution in [1.29, 1.82) is 0 Å². The van der Waals surface area contributed by atoms with Gasteiger partial charge in [-0.3, -0.25) is 4.79 Å². The van der Waals surface area contributed by atoms with Crippen molar-refractivity contribution in [1.82, 2.24) is 9.97 Å². The number of hydrogen-bond donors (Lipinski definition) is 1. The van der Waals surface area contributed by atoms with Crippen LogP contribution in [0.4, 0.5) is 9.52 Å². The maximum Gasteiger partial charge on any atom is 0.226 e. The summed E-state index contributed by atoms with van der Waals surface area (Å²) in [5, 5.41) is 5.74. The molecule has 2 aromatic carbocycles. The largest absolute Gasteiger partial charge is 0.302 e. The summed E-state index contributed by atoms with van der Waals surface area (Å²) in [6, 6.07) is 12.5. The van der Waals surface area contributed by atoms with E-state index < -0.39 is 15.7 Å². The van der Waals surface area contributed by atoms with Crippen LogP contribution in [-0.4, -0.2) is 30.0 Å². The van der Waals surface area contributed by atoms with Crippen molar-refractivity contribution >= 4 is 53.8 Å². The van der Waals surface area contributed by atoms with Crippen LogP contribution >= 0.6 is 22.7 Å². The lowest BCUT2D eigenvalue weighted by atomic mass is 10.3. The third-order valence-electron chi connectivity index (χ3n) is 4.25. The van der Waals surface area contributed by atoms with E-state index in [1.807, 2.05) is 29.6 Å². The molecular formula is C20H16FN3O3S3. The molecule has 0 spiro atoms. The van der Waals surface area contributed by atoms with E-state index in [1.165, 1.54) is 34.8 Å². The number of fused-ring (bicyclic) bond motifs is 1. The molecule has 1 N–H and O–H groups in total. The summed E-state index contributed by atoms with van der Waals surface area (Å²) < 4.78 is 38.5. The van der Waals surface area contributed by atoms with Gasteiger partial charge in [0.2, 0.25) is 5.91 Å². The fourth-order valence-corrected chi connectivity index (χ4v) is 5.80. The average molecular weight is 462 g/mol. The second-order valence-corrected chi connectivity index (χ2v) is 10.4. The van der Waals surface area contributed by atoms with E-state index in [-0.39, 0.29) is 29.4 Å². The summed E-state index contributed by atoms with van der Waals surface area (Å²) in [6.07, 6.45) is 0.193. The molecule has 0 aliphatic rings. The SMILES string of the molecule is O=C(CCCS(=O)(=O)c1ccc(F)cc1)Nc1nc(-c2nc3ccccc3s2)cs1. The van der Waals surface area contributed by atoms with Gasteiger partial charge in [0.25, 0.3) is 0 Å². The van der Waals surface area contributed by atoms with E-state index in [4.69, 9.17) is 0 Å². The van der Waals surface area contributed by atoms with Crippen LogP contribution in [0, 0.1) is 5.82 Å². The second kappa shape index (κ2) is 8.58. The molecule has 2 aromatic heterocycles. The maximum atomic E-state index is 12.9. The van der Waals surface area contributed by atoms with Crippen LogP contribution in [0.25, 0.3) is 20.9 Å². The first-order valence-corrected chi connectivity index (χ1v) is 12.4. The van der Waals surface area contributed by atoms with Crippen LogP contribution < -0.4 is 5.32 Å². The molecule has 2 heterocycles. The minimum absolute atomic E-state index is 0.0382. The zero-order chi connectivity index (χ0) is 21.1. The van der Waals surface area contributed by atoms with Gasteiger partial charge in [-0.05, 0) is 42.8 Å². The highest BCUT2D eigenvalue weighted by Crippen LogP contribution is 2.32. The van der Waals surface area contributed by atoms with Crippen LogP contribution in [0.15, 0.2) is 58.8 Å².